The Kier molecular flexibility index (Phi) is 2.90. The average Bonchev–Trinajstić information content (AvgIpc) is 2.61. The lowest BCUT2D eigenvalue weighted by atomic mass is 10.1. The molecule has 0 aliphatic carbocycles. The Morgan fingerprint density at radius 1 is 1.19 bits per heavy atom. The highest BCUT2D eigenvalue weighted by atomic mass is 16.3. The van der Waals surface area contributed by atoms with Gasteiger partial charge in [0.15, 0.2) is 5.88 Å². The zero-order chi connectivity index (χ0) is 11.7. The van der Waals surface area contributed by atoms with Gasteiger partial charge in [-0.1, -0.05) is 26.0 Å². The smallest absolute Gasteiger partial charge is 0.199 e. The molecule has 2 heteroatoms. The molecule has 1 aromatic carbocycles. The number of rotatable bonds is 3. The molecular formula is C14H19NO. The van der Waals surface area contributed by atoms with Crippen LogP contribution in [0.25, 0.3) is 10.8 Å². The fraction of sp³-hybridized carbons (Fsp3) is 0.429. The van der Waals surface area contributed by atoms with Crippen LogP contribution in [-0.4, -0.2) is 9.67 Å². The molecule has 0 aliphatic rings. The summed E-state index contributed by atoms with van der Waals surface area (Å²) in [6.07, 6.45) is 4.17. The van der Waals surface area contributed by atoms with Crippen molar-refractivity contribution in [2.75, 3.05) is 0 Å². The van der Waals surface area contributed by atoms with Crippen molar-refractivity contribution in [3.8, 4) is 5.88 Å². The Morgan fingerprint density at radius 3 is 2.44 bits per heavy atom. The lowest BCUT2D eigenvalue weighted by molar-refractivity contribution is 0.373. The molecule has 0 fully saturated rings. The average molecular weight is 217 g/mol. The van der Waals surface area contributed by atoms with E-state index in [2.05, 4.69) is 33.0 Å². The lowest BCUT2D eigenvalue weighted by Gasteiger charge is -2.15. The summed E-state index contributed by atoms with van der Waals surface area (Å²) in [4.78, 5) is 0. The van der Waals surface area contributed by atoms with Crippen molar-refractivity contribution in [3.63, 3.8) is 0 Å². The maximum atomic E-state index is 10.2. The lowest BCUT2D eigenvalue weighted by Crippen LogP contribution is -2.04. The second-order valence-corrected chi connectivity index (χ2v) is 4.37. The molecule has 86 valence electrons. The standard InChI is InChI=1S/C14H19NO/c1-4-11(5-2)15-9-13-10(3)7-6-8-12(13)14(15)16/h6-9,11,16H,4-5H2,1-3H3. The molecule has 0 saturated heterocycles. The normalized spacial score (nSPS) is 11.5. The molecule has 2 rings (SSSR count). The van der Waals surface area contributed by atoms with E-state index in [1.807, 2.05) is 16.7 Å². The van der Waals surface area contributed by atoms with E-state index in [4.69, 9.17) is 0 Å². The van der Waals surface area contributed by atoms with E-state index in [0.29, 0.717) is 11.9 Å². The maximum absolute atomic E-state index is 10.2. The molecule has 0 aliphatic heterocycles. The third kappa shape index (κ3) is 1.58. The van der Waals surface area contributed by atoms with Gasteiger partial charge in [0.2, 0.25) is 0 Å². The highest BCUT2D eigenvalue weighted by Crippen LogP contribution is 2.33. The molecule has 0 saturated carbocycles. The van der Waals surface area contributed by atoms with E-state index < -0.39 is 0 Å². The summed E-state index contributed by atoms with van der Waals surface area (Å²) < 4.78 is 2.01. The van der Waals surface area contributed by atoms with Gasteiger partial charge in [0.25, 0.3) is 0 Å². The summed E-state index contributed by atoms with van der Waals surface area (Å²) in [6.45, 7) is 6.40. The van der Waals surface area contributed by atoms with Crippen LogP contribution in [0.2, 0.25) is 0 Å². The first kappa shape index (κ1) is 11.1. The van der Waals surface area contributed by atoms with Crippen LogP contribution >= 0.6 is 0 Å². The Labute approximate surface area is 96.5 Å². The monoisotopic (exact) mass is 217 g/mol. The van der Waals surface area contributed by atoms with E-state index in [9.17, 15) is 5.11 Å². The van der Waals surface area contributed by atoms with E-state index in [1.165, 1.54) is 5.56 Å². The SMILES string of the molecule is CCC(CC)n1cc2c(C)cccc2c1O. The Bertz CT molecular complexity index is 495. The summed E-state index contributed by atoms with van der Waals surface area (Å²) in [5.41, 5.74) is 1.22. The first-order chi connectivity index (χ1) is 7.69. The molecular weight excluding hydrogens is 198 g/mol. The predicted molar refractivity (Wildman–Crippen MR) is 68.0 cm³/mol. The summed E-state index contributed by atoms with van der Waals surface area (Å²) >= 11 is 0. The van der Waals surface area contributed by atoms with Gasteiger partial charge in [0, 0.05) is 23.0 Å². The van der Waals surface area contributed by atoms with Crippen molar-refractivity contribution < 1.29 is 5.11 Å². The number of aromatic hydroxyl groups is 1. The largest absolute Gasteiger partial charge is 0.494 e. The van der Waals surface area contributed by atoms with Gasteiger partial charge in [0.1, 0.15) is 0 Å². The molecule has 0 amide bonds. The van der Waals surface area contributed by atoms with E-state index >= 15 is 0 Å². The fourth-order valence-corrected chi connectivity index (χ4v) is 2.35. The van der Waals surface area contributed by atoms with Crippen molar-refractivity contribution in [2.45, 2.75) is 39.7 Å². The Hall–Kier alpha value is -1.44. The van der Waals surface area contributed by atoms with Crippen LogP contribution in [0, 0.1) is 6.92 Å². The number of aromatic nitrogens is 1. The number of hydrogen-bond acceptors (Lipinski definition) is 1. The third-order valence-electron chi connectivity index (χ3n) is 3.41. The van der Waals surface area contributed by atoms with Crippen LogP contribution in [0.3, 0.4) is 0 Å². The number of hydrogen-bond donors (Lipinski definition) is 1. The fourth-order valence-electron chi connectivity index (χ4n) is 2.35. The van der Waals surface area contributed by atoms with Crippen LogP contribution in [0.4, 0.5) is 0 Å². The van der Waals surface area contributed by atoms with Crippen LogP contribution in [0.1, 0.15) is 38.3 Å². The molecule has 16 heavy (non-hydrogen) atoms. The zero-order valence-electron chi connectivity index (χ0n) is 10.2. The maximum Gasteiger partial charge on any atom is 0.199 e. The summed E-state index contributed by atoms with van der Waals surface area (Å²) in [7, 11) is 0. The predicted octanol–water partition coefficient (Wildman–Crippen LogP) is 4.02. The van der Waals surface area contributed by atoms with Gasteiger partial charge in [-0.3, -0.25) is 0 Å². The van der Waals surface area contributed by atoms with Gasteiger partial charge in [0.05, 0.1) is 0 Å². The van der Waals surface area contributed by atoms with Gasteiger partial charge >= 0.3 is 0 Å². The van der Waals surface area contributed by atoms with Gasteiger partial charge in [-0.05, 0) is 31.4 Å². The second-order valence-electron chi connectivity index (χ2n) is 4.37. The van der Waals surface area contributed by atoms with Crippen molar-refractivity contribution in [3.05, 3.63) is 30.0 Å². The minimum absolute atomic E-state index is 0.395. The molecule has 0 radical (unpaired) electrons. The van der Waals surface area contributed by atoms with Crippen LogP contribution in [0.5, 0.6) is 5.88 Å². The Morgan fingerprint density at radius 2 is 1.88 bits per heavy atom. The summed E-state index contributed by atoms with van der Waals surface area (Å²) in [5.74, 6) is 0.410. The zero-order valence-corrected chi connectivity index (χ0v) is 10.2. The van der Waals surface area contributed by atoms with Crippen molar-refractivity contribution in [2.24, 2.45) is 0 Å². The number of aryl methyl sites for hydroxylation is 1. The topological polar surface area (TPSA) is 25.2 Å². The molecule has 0 unspecified atom stereocenters. The molecule has 0 spiro atoms. The van der Waals surface area contributed by atoms with Crippen LogP contribution in [-0.2, 0) is 0 Å². The first-order valence-corrected chi connectivity index (χ1v) is 5.98. The van der Waals surface area contributed by atoms with Crippen LogP contribution in [0.15, 0.2) is 24.4 Å². The molecule has 2 nitrogen and oxygen atoms in total. The first-order valence-electron chi connectivity index (χ1n) is 5.98. The number of nitrogens with zero attached hydrogens (tertiary/aromatic N) is 1. The van der Waals surface area contributed by atoms with Gasteiger partial charge in [-0.2, -0.15) is 0 Å². The molecule has 0 atom stereocenters. The number of fused-ring (bicyclic) bond motifs is 1. The van der Waals surface area contributed by atoms with E-state index in [1.54, 1.807) is 0 Å². The minimum Gasteiger partial charge on any atom is -0.494 e. The molecule has 1 aromatic heterocycles. The molecule has 2 aromatic rings. The highest BCUT2D eigenvalue weighted by molar-refractivity contribution is 5.90. The molecule has 1 N–H and O–H groups in total. The van der Waals surface area contributed by atoms with Crippen molar-refractivity contribution >= 4 is 10.8 Å². The van der Waals surface area contributed by atoms with Crippen molar-refractivity contribution in [1.29, 1.82) is 0 Å². The van der Waals surface area contributed by atoms with Gasteiger partial charge in [-0.25, -0.2) is 0 Å². The summed E-state index contributed by atoms with van der Waals surface area (Å²) in [6, 6.07) is 6.45. The van der Waals surface area contributed by atoms with Crippen LogP contribution < -0.4 is 0 Å². The van der Waals surface area contributed by atoms with E-state index in [-0.39, 0.29) is 0 Å². The summed E-state index contributed by atoms with van der Waals surface area (Å²) in [5, 5.41) is 12.3. The highest BCUT2D eigenvalue weighted by Gasteiger charge is 2.14. The van der Waals surface area contributed by atoms with E-state index in [0.717, 1.165) is 23.6 Å². The Balaban J connectivity index is 2.64. The quantitative estimate of drug-likeness (QED) is 0.825. The molecule has 1 heterocycles. The van der Waals surface area contributed by atoms with Crippen molar-refractivity contribution in [1.82, 2.24) is 4.57 Å². The minimum atomic E-state index is 0.395. The third-order valence-corrected chi connectivity index (χ3v) is 3.41. The number of benzene rings is 1. The molecule has 0 bridgehead atoms. The van der Waals surface area contributed by atoms with Gasteiger partial charge < -0.3 is 9.67 Å². The van der Waals surface area contributed by atoms with Gasteiger partial charge in [-0.15, -0.1) is 0 Å². The second kappa shape index (κ2) is 4.20.